The van der Waals surface area contributed by atoms with Gasteiger partial charge in [0.2, 0.25) is 5.88 Å². The Bertz CT molecular complexity index is 975. The average molecular weight is 405 g/mol. The minimum absolute atomic E-state index is 0.189. The second kappa shape index (κ2) is 10.6. The van der Waals surface area contributed by atoms with Crippen molar-refractivity contribution in [3.63, 3.8) is 0 Å². The van der Waals surface area contributed by atoms with Crippen LogP contribution in [0.25, 0.3) is 0 Å². The number of nitrogens with zero attached hydrogens (tertiary/aromatic N) is 1. The number of amides is 2. The van der Waals surface area contributed by atoms with E-state index in [1.807, 2.05) is 19.1 Å². The molecule has 0 fully saturated rings. The predicted molar refractivity (Wildman–Crippen MR) is 114 cm³/mol. The fraction of sp³-hybridized carbons (Fsp3) is 0.174. The molecule has 30 heavy (non-hydrogen) atoms. The van der Waals surface area contributed by atoms with Gasteiger partial charge in [-0.2, -0.15) is 0 Å². The normalized spacial score (nSPS) is 10.2. The largest absolute Gasteiger partial charge is 0.484 e. The summed E-state index contributed by atoms with van der Waals surface area (Å²) in [7, 11) is 0. The maximum atomic E-state index is 12.3. The molecule has 0 aliphatic heterocycles. The minimum Gasteiger partial charge on any atom is -0.484 e. The van der Waals surface area contributed by atoms with Crippen molar-refractivity contribution >= 4 is 17.5 Å². The molecule has 0 unspecified atom stereocenters. The van der Waals surface area contributed by atoms with Crippen molar-refractivity contribution in [2.45, 2.75) is 13.3 Å². The van der Waals surface area contributed by atoms with Crippen LogP contribution in [0.4, 0.5) is 5.69 Å². The number of hydrogen-bond donors (Lipinski definition) is 2. The lowest BCUT2D eigenvalue weighted by molar-refractivity contribution is -0.118. The summed E-state index contributed by atoms with van der Waals surface area (Å²) in [6.07, 6.45) is 2.48. The van der Waals surface area contributed by atoms with Crippen molar-refractivity contribution in [1.82, 2.24) is 10.3 Å². The van der Waals surface area contributed by atoms with E-state index >= 15 is 0 Å². The summed E-state index contributed by atoms with van der Waals surface area (Å²) in [6, 6.07) is 19.1. The molecule has 0 aliphatic carbocycles. The van der Waals surface area contributed by atoms with Gasteiger partial charge in [0, 0.05) is 18.8 Å². The molecule has 0 atom stereocenters. The lowest BCUT2D eigenvalue weighted by Gasteiger charge is -2.12. The number of carbonyl (C=O) groups excluding carboxylic acids is 2. The van der Waals surface area contributed by atoms with Crippen LogP contribution < -0.4 is 20.1 Å². The van der Waals surface area contributed by atoms with Crippen LogP contribution in [0.3, 0.4) is 0 Å². The van der Waals surface area contributed by atoms with E-state index in [0.717, 1.165) is 6.42 Å². The van der Waals surface area contributed by atoms with Gasteiger partial charge in [0.05, 0.1) is 11.3 Å². The Morgan fingerprint density at radius 1 is 0.933 bits per heavy atom. The second-order valence-electron chi connectivity index (χ2n) is 6.38. The van der Waals surface area contributed by atoms with Crippen molar-refractivity contribution in [1.29, 1.82) is 0 Å². The van der Waals surface area contributed by atoms with E-state index in [2.05, 4.69) is 15.6 Å². The zero-order valence-corrected chi connectivity index (χ0v) is 16.6. The van der Waals surface area contributed by atoms with Gasteiger partial charge in [-0.05, 0) is 48.9 Å². The van der Waals surface area contributed by atoms with E-state index in [1.54, 1.807) is 60.8 Å². The molecule has 2 aromatic carbocycles. The smallest absolute Gasteiger partial charge is 0.262 e. The molecule has 0 saturated carbocycles. The first kappa shape index (κ1) is 20.9. The molecule has 0 saturated heterocycles. The van der Waals surface area contributed by atoms with E-state index in [1.165, 1.54) is 0 Å². The lowest BCUT2D eigenvalue weighted by Crippen LogP contribution is -2.27. The third-order valence-electron chi connectivity index (χ3n) is 4.04. The highest BCUT2D eigenvalue weighted by atomic mass is 16.5. The Morgan fingerprint density at radius 3 is 2.40 bits per heavy atom. The van der Waals surface area contributed by atoms with Gasteiger partial charge < -0.3 is 20.1 Å². The molecule has 0 bridgehead atoms. The molecule has 3 rings (SSSR count). The number of benzene rings is 2. The van der Waals surface area contributed by atoms with E-state index in [9.17, 15) is 9.59 Å². The summed E-state index contributed by atoms with van der Waals surface area (Å²) in [5.41, 5.74) is 0.856. The molecular formula is C23H23N3O4. The zero-order chi connectivity index (χ0) is 21.2. The van der Waals surface area contributed by atoms with Crippen molar-refractivity contribution in [3.05, 3.63) is 78.5 Å². The number of rotatable bonds is 9. The van der Waals surface area contributed by atoms with Crippen molar-refractivity contribution < 1.29 is 19.1 Å². The summed E-state index contributed by atoms with van der Waals surface area (Å²) >= 11 is 0. The highest BCUT2D eigenvalue weighted by molar-refractivity contribution is 6.04. The summed E-state index contributed by atoms with van der Waals surface area (Å²) in [5, 5.41) is 5.53. The fourth-order valence-electron chi connectivity index (χ4n) is 2.59. The Balaban J connectivity index is 1.53. The third kappa shape index (κ3) is 6.07. The van der Waals surface area contributed by atoms with Crippen LogP contribution >= 0.6 is 0 Å². The van der Waals surface area contributed by atoms with E-state index in [4.69, 9.17) is 9.47 Å². The lowest BCUT2D eigenvalue weighted by atomic mass is 10.1. The van der Waals surface area contributed by atoms with Gasteiger partial charge >= 0.3 is 0 Å². The monoisotopic (exact) mass is 405 g/mol. The van der Waals surface area contributed by atoms with Gasteiger partial charge in [-0.1, -0.05) is 25.1 Å². The fourth-order valence-corrected chi connectivity index (χ4v) is 2.59. The van der Waals surface area contributed by atoms with Gasteiger partial charge in [0.1, 0.15) is 11.5 Å². The topological polar surface area (TPSA) is 89.6 Å². The molecule has 7 heteroatoms. The number of para-hydroxylation sites is 1. The Labute approximate surface area is 175 Å². The summed E-state index contributed by atoms with van der Waals surface area (Å²) in [5.74, 6) is 1.04. The highest BCUT2D eigenvalue weighted by Crippen LogP contribution is 2.22. The molecule has 3 aromatic rings. The first-order chi connectivity index (χ1) is 14.7. The molecular weight excluding hydrogens is 382 g/mol. The molecule has 0 spiro atoms. The maximum absolute atomic E-state index is 12.3. The van der Waals surface area contributed by atoms with Gasteiger partial charge in [-0.15, -0.1) is 0 Å². The van der Waals surface area contributed by atoms with Crippen LogP contribution in [0.5, 0.6) is 17.4 Å². The third-order valence-corrected chi connectivity index (χ3v) is 4.04. The summed E-state index contributed by atoms with van der Waals surface area (Å²) in [6.45, 7) is 2.36. The number of ether oxygens (including phenoxy) is 2. The van der Waals surface area contributed by atoms with Crippen molar-refractivity contribution in [3.8, 4) is 17.4 Å². The number of aromatic nitrogens is 1. The molecule has 2 N–H and O–H groups in total. The summed E-state index contributed by atoms with van der Waals surface area (Å²) < 4.78 is 11.1. The van der Waals surface area contributed by atoms with Gasteiger partial charge in [0.25, 0.3) is 11.8 Å². The van der Waals surface area contributed by atoms with Crippen molar-refractivity contribution in [2.24, 2.45) is 0 Å². The van der Waals surface area contributed by atoms with Crippen molar-refractivity contribution in [2.75, 3.05) is 18.5 Å². The Hall–Kier alpha value is -3.87. The molecule has 0 aliphatic rings. The van der Waals surface area contributed by atoms with Crippen LogP contribution in [0.2, 0.25) is 0 Å². The molecule has 1 aromatic heterocycles. The van der Waals surface area contributed by atoms with Gasteiger partial charge in [-0.3, -0.25) is 9.59 Å². The van der Waals surface area contributed by atoms with Crippen LogP contribution in [-0.2, 0) is 4.79 Å². The first-order valence-electron chi connectivity index (χ1n) is 9.64. The number of carbonyl (C=O) groups is 2. The second-order valence-corrected chi connectivity index (χ2v) is 6.38. The van der Waals surface area contributed by atoms with E-state index in [-0.39, 0.29) is 18.4 Å². The predicted octanol–water partition coefficient (Wildman–Crippen LogP) is 4.03. The number of hydrogen-bond acceptors (Lipinski definition) is 5. The van der Waals surface area contributed by atoms with E-state index < -0.39 is 0 Å². The Kier molecular flexibility index (Phi) is 7.38. The van der Waals surface area contributed by atoms with Crippen LogP contribution in [-0.4, -0.2) is 29.9 Å². The SMILES string of the molecule is CCCNC(=O)c1ccccc1NC(=O)COc1ccc(Oc2ccccn2)cc1. The van der Waals surface area contributed by atoms with E-state index in [0.29, 0.717) is 35.2 Å². The molecule has 0 radical (unpaired) electrons. The highest BCUT2D eigenvalue weighted by Gasteiger charge is 2.13. The average Bonchev–Trinajstić information content (AvgIpc) is 2.78. The minimum atomic E-state index is -0.362. The molecule has 154 valence electrons. The molecule has 1 heterocycles. The number of pyridine rings is 1. The van der Waals surface area contributed by atoms with Gasteiger partial charge in [-0.25, -0.2) is 4.98 Å². The van der Waals surface area contributed by atoms with Crippen LogP contribution in [0.1, 0.15) is 23.7 Å². The number of nitrogens with one attached hydrogen (secondary N) is 2. The number of anilines is 1. The molecule has 2 amide bonds. The zero-order valence-electron chi connectivity index (χ0n) is 16.6. The van der Waals surface area contributed by atoms with Crippen LogP contribution in [0, 0.1) is 0 Å². The molecule has 7 nitrogen and oxygen atoms in total. The van der Waals surface area contributed by atoms with Crippen LogP contribution in [0.15, 0.2) is 72.9 Å². The quantitative estimate of drug-likeness (QED) is 0.561. The Morgan fingerprint density at radius 2 is 1.67 bits per heavy atom. The first-order valence-corrected chi connectivity index (χ1v) is 9.64. The standard InChI is InChI=1S/C23H23N3O4/c1-2-14-25-23(28)19-7-3-4-8-20(19)26-21(27)16-29-17-10-12-18(13-11-17)30-22-9-5-6-15-24-22/h3-13,15H,2,14,16H2,1H3,(H,25,28)(H,26,27). The maximum Gasteiger partial charge on any atom is 0.262 e. The van der Waals surface area contributed by atoms with Gasteiger partial charge in [0.15, 0.2) is 6.61 Å². The summed E-state index contributed by atoms with van der Waals surface area (Å²) in [4.78, 5) is 28.6.